The predicted octanol–water partition coefficient (Wildman–Crippen LogP) is 3.64. The first-order valence-electron chi connectivity index (χ1n) is 4.83. The van der Waals surface area contributed by atoms with E-state index < -0.39 is 0 Å². The van der Waals surface area contributed by atoms with Gasteiger partial charge in [-0.1, -0.05) is 0 Å². The highest BCUT2D eigenvalue weighted by Gasteiger charge is 2.10. The number of pyridine rings is 1. The molecule has 0 fully saturated rings. The largest absolute Gasteiger partial charge is 0.294 e. The van der Waals surface area contributed by atoms with Crippen LogP contribution in [0.3, 0.4) is 0 Å². The van der Waals surface area contributed by atoms with Crippen LogP contribution in [0.15, 0.2) is 34.4 Å². The van der Waals surface area contributed by atoms with Gasteiger partial charge in [0.25, 0.3) is 0 Å². The number of hydrogen-bond donors (Lipinski definition) is 0. The molecule has 2 nitrogen and oxygen atoms in total. The summed E-state index contributed by atoms with van der Waals surface area (Å²) in [6.45, 7) is 1.91. The lowest BCUT2D eigenvalue weighted by molar-refractivity contribution is 0.0993. The van der Waals surface area contributed by atoms with Gasteiger partial charge in [-0.15, -0.1) is 11.3 Å². The number of thiophene rings is 1. The summed E-state index contributed by atoms with van der Waals surface area (Å²) >= 11 is 4.98. The van der Waals surface area contributed by atoms with Crippen molar-refractivity contribution in [2.45, 2.75) is 13.3 Å². The van der Waals surface area contributed by atoms with Gasteiger partial charge in [0.1, 0.15) is 0 Å². The Morgan fingerprint density at radius 2 is 2.38 bits per heavy atom. The van der Waals surface area contributed by atoms with Crippen LogP contribution in [0.1, 0.15) is 20.8 Å². The van der Waals surface area contributed by atoms with Gasteiger partial charge >= 0.3 is 0 Å². The Labute approximate surface area is 106 Å². The van der Waals surface area contributed by atoms with Crippen LogP contribution in [0.4, 0.5) is 0 Å². The normalized spacial score (nSPS) is 10.4. The van der Waals surface area contributed by atoms with Crippen molar-refractivity contribution in [3.63, 3.8) is 0 Å². The zero-order valence-electron chi connectivity index (χ0n) is 8.74. The third-order valence-electron chi connectivity index (χ3n) is 2.28. The van der Waals surface area contributed by atoms with Crippen molar-refractivity contribution >= 4 is 33.0 Å². The van der Waals surface area contributed by atoms with Gasteiger partial charge in [-0.05, 0) is 40.5 Å². The number of Topliss-reactive ketones (excluding diaryl/α,β-unsaturated/α-hetero) is 1. The summed E-state index contributed by atoms with van der Waals surface area (Å²) < 4.78 is 1.03. The maximum atomic E-state index is 12.0. The Morgan fingerprint density at radius 1 is 1.56 bits per heavy atom. The number of aryl methyl sites for hydroxylation is 1. The summed E-state index contributed by atoms with van der Waals surface area (Å²) in [7, 11) is 0. The summed E-state index contributed by atoms with van der Waals surface area (Å²) in [6.07, 6.45) is 3.84. The number of ketones is 1. The molecule has 0 atom stereocenters. The van der Waals surface area contributed by atoms with E-state index in [9.17, 15) is 4.79 Å². The van der Waals surface area contributed by atoms with Gasteiger partial charge in [0, 0.05) is 39.1 Å². The highest BCUT2D eigenvalue weighted by Crippen LogP contribution is 2.21. The van der Waals surface area contributed by atoms with Crippen LogP contribution < -0.4 is 0 Å². The summed E-state index contributed by atoms with van der Waals surface area (Å²) in [4.78, 5) is 17.1. The number of nitrogens with zero attached hydrogens (tertiary/aromatic N) is 1. The number of hydrogen-bond acceptors (Lipinski definition) is 3. The van der Waals surface area contributed by atoms with E-state index in [0.717, 1.165) is 20.5 Å². The molecule has 0 N–H and O–H groups in total. The average Bonchev–Trinajstić information content (AvgIpc) is 2.64. The third-order valence-corrected chi connectivity index (χ3v) is 3.97. The van der Waals surface area contributed by atoms with Crippen molar-refractivity contribution in [2.75, 3.05) is 0 Å². The molecule has 82 valence electrons. The smallest absolute Gasteiger partial charge is 0.168 e. The molecular weight excluding hydrogens is 286 g/mol. The van der Waals surface area contributed by atoms with Crippen molar-refractivity contribution in [1.29, 1.82) is 0 Å². The first-order chi connectivity index (χ1) is 7.66. The molecule has 0 aromatic carbocycles. The number of carbonyl (C=O) groups is 1. The minimum atomic E-state index is 0.147. The van der Waals surface area contributed by atoms with E-state index in [2.05, 4.69) is 20.9 Å². The van der Waals surface area contributed by atoms with Gasteiger partial charge in [0.2, 0.25) is 0 Å². The van der Waals surface area contributed by atoms with Crippen LogP contribution in [0.2, 0.25) is 0 Å². The Balaban J connectivity index is 2.18. The molecule has 16 heavy (non-hydrogen) atoms. The molecular formula is C12H10BrNOS. The van der Waals surface area contributed by atoms with E-state index in [1.165, 1.54) is 0 Å². The lowest BCUT2D eigenvalue weighted by Gasteiger charge is -2.02. The lowest BCUT2D eigenvalue weighted by atomic mass is 10.0. The van der Waals surface area contributed by atoms with Crippen LogP contribution >= 0.6 is 27.3 Å². The lowest BCUT2D eigenvalue weighted by Crippen LogP contribution is -2.04. The SMILES string of the molecule is Cc1cnccc1C(=O)Cc1cc(Br)cs1. The Morgan fingerprint density at radius 3 is 3.00 bits per heavy atom. The van der Waals surface area contributed by atoms with Gasteiger partial charge in [-0.3, -0.25) is 9.78 Å². The van der Waals surface area contributed by atoms with Crippen LogP contribution in [-0.4, -0.2) is 10.8 Å². The molecule has 2 aromatic heterocycles. The van der Waals surface area contributed by atoms with Gasteiger partial charge < -0.3 is 0 Å². The van der Waals surface area contributed by atoms with Gasteiger partial charge in [-0.2, -0.15) is 0 Å². The molecule has 4 heteroatoms. The molecule has 0 unspecified atom stereocenters. The number of aromatic nitrogens is 1. The highest BCUT2D eigenvalue weighted by atomic mass is 79.9. The molecule has 0 aliphatic rings. The number of rotatable bonds is 3. The molecule has 0 saturated heterocycles. The van der Waals surface area contributed by atoms with Gasteiger partial charge in [0.05, 0.1) is 0 Å². The third kappa shape index (κ3) is 2.57. The van der Waals surface area contributed by atoms with Gasteiger partial charge in [-0.25, -0.2) is 0 Å². The number of halogens is 1. The minimum absolute atomic E-state index is 0.147. The second-order valence-corrected chi connectivity index (χ2v) is 5.43. The van der Waals surface area contributed by atoms with Crippen LogP contribution in [0.5, 0.6) is 0 Å². The molecule has 2 aromatic rings. The summed E-state index contributed by atoms with van der Waals surface area (Å²) in [5.41, 5.74) is 1.70. The maximum absolute atomic E-state index is 12.0. The molecule has 2 heterocycles. The first-order valence-corrected chi connectivity index (χ1v) is 6.51. The van der Waals surface area contributed by atoms with Crippen molar-refractivity contribution in [2.24, 2.45) is 0 Å². The fourth-order valence-electron chi connectivity index (χ4n) is 1.49. The quantitative estimate of drug-likeness (QED) is 0.809. The second-order valence-electron chi connectivity index (χ2n) is 3.52. The summed E-state index contributed by atoms with van der Waals surface area (Å²) in [5, 5.41) is 1.99. The van der Waals surface area contributed by atoms with E-state index in [0.29, 0.717) is 6.42 Å². The molecule has 0 radical (unpaired) electrons. The number of carbonyl (C=O) groups excluding carboxylic acids is 1. The van der Waals surface area contributed by atoms with E-state index in [4.69, 9.17) is 0 Å². The molecule has 0 spiro atoms. The zero-order valence-corrected chi connectivity index (χ0v) is 11.1. The van der Waals surface area contributed by atoms with E-state index >= 15 is 0 Å². The maximum Gasteiger partial charge on any atom is 0.168 e. The first kappa shape index (κ1) is 11.5. The minimum Gasteiger partial charge on any atom is -0.294 e. The molecule has 0 aliphatic heterocycles. The zero-order chi connectivity index (χ0) is 11.5. The average molecular weight is 296 g/mol. The fraction of sp³-hybridized carbons (Fsp3) is 0.167. The fourth-order valence-corrected chi connectivity index (χ4v) is 2.94. The van der Waals surface area contributed by atoms with Crippen molar-refractivity contribution in [3.8, 4) is 0 Å². The molecule has 0 bridgehead atoms. The molecule has 0 amide bonds. The summed E-state index contributed by atoms with van der Waals surface area (Å²) in [5.74, 6) is 0.147. The predicted molar refractivity (Wildman–Crippen MR) is 69.0 cm³/mol. The van der Waals surface area contributed by atoms with Crippen LogP contribution in [0, 0.1) is 6.92 Å². The topological polar surface area (TPSA) is 30.0 Å². The Kier molecular flexibility index (Phi) is 3.51. The van der Waals surface area contributed by atoms with E-state index in [-0.39, 0.29) is 5.78 Å². The Bertz CT molecular complexity index is 521. The van der Waals surface area contributed by atoms with Crippen molar-refractivity contribution in [1.82, 2.24) is 4.98 Å². The highest BCUT2D eigenvalue weighted by molar-refractivity contribution is 9.10. The molecule has 0 aliphatic carbocycles. The van der Waals surface area contributed by atoms with E-state index in [1.54, 1.807) is 29.8 Å². The molecule has 2 rings (SSSR count). The van der Waals surface area contributed by atoms with Crippen LogP contribution in [-0.2, 0) is 6.42 Å². The monoisotopic (exact) mass is 295 g/mol. The summed E-state index contributed by atoms with van der Waals surface area (Å²) in [6, 6.07) is 3.76. The van der Waals surface area contributed by atoms with Crippen molar-refractivity contribution in [3.05, 3.63) is 50.4 Å². The molecule has 0 saturated carbocycles. The Hall–Kier alpha value is -1.000. The van der Waals surface area contributed by atoms with Crippen LogP contribution in [0.25, 0.3) is 0 Å². The standard InChI is InChI=1S/C12H10BrNOS/c1-8-6-14-3-2-11(8)12(15)5-10-4-9(13)7-16-10/h2-4,6-7H,5H2,1H3. The van der Waals surface area contributed by atoms with Gasteiger partial charge in [0.15, 0.2) is 5.78 Å². The van der Waals surface area contributed by atoms with Crippen molar-refractivity contribution < 1.29 is 4.79 Å². The van der Waals surface area contributed by atoms with E-state index in [1.807, 2.05) is 18.4 Å². The second kappa shape index (κ2) is 4.89.